The van der Waals surface area contributed by atoms with Gasteiger partial charge in [0.1, 0.15) is 0 Å². The van der Waals surface area contributed by atoms with Gasteiger partial charge in [0.2, 0.25) is 0 Å². The van der Waals surface area contributed by atoms with Crippen LogP contribution in [0.25, 0.3) is 120 Å². The largest absolute Gasteiger partial charge is 0.247 e. The number of thiophene rings is 1. The molecule has 9 aromatic carbocycles. The second kappa shape index (κ2) is 13.6. The standard InChI is InChI=1S/C55H33N3S/c1-3-15-40-36(11-1)13-9-19-42(40)49-33-50(43-20-10-14-37-12-2-4-16-41(37)43)58-55(57-49)39-29-25-35(26-30-39)34-23-27-38(28-24-34)53-47-32-31-45-44-17-6-8-22-51(44)59-54(45)52(47)46-18-5-7-21-48(46)56-53/h1-33H. The van der Waals surface area contributed by atoms with Crippen LogP contribution in [0.4, 0.5) is 0 Å². The molecule has 0 aliphatic carbocycles. The highest BCUT2D eigenvalue weighted by molar-refractivity contribution is 7.26. The van der Waals surface area contributed by atoms with Crippen molar-refractivity contribution in [2.45, 2.75) is 0 Å². The first-order valence-corrected chi connectivity index (χ1v) is 20.7. The molecule has 0 atom stereocenters. The molecule has 0 fully saturated rings. The van der Waals surface area contributed by atoms with Gasteiger partial charge in [-0.3, -0.25) is 0 Å². The highest BCUT2D eigenvalue weighted by Crippen LogP contribution is 2.43. The third-order valence-corrected chi connectivity index (χ3v) is 12.9. The Bertz CT molecular complexity index is 3500. The molecule has 12 aromatic rings. The number of pyridine rings is 1. The Labute approximate surface area is 344 Å². The van der Waals surface area contributed by atoms with Gasteiger partial charge in [0.05, 0.1) is 22.6 Å². The van der Waals surface area contributed by atoms with Crippen LogP contribution in [0.3, 0.4) is 0 Å². The molecule has 3 heterocycles. The van der Waals surface area contributed by atoms with Gasteiger partial charge in [-0.2, -0.15) is 0 Å². The zero-order chi connectivity index (χ0) is 38.9. The summed E-state index contributed by atoms with van der Waals surface area (Å²) in [4.78, 5) is 15.7. The average molecular weight is 768 g/mol. The number of para-hydroxylation sites is 1. The third kappa shape index (κ3) is 5.60. The predicted octanol–water partition coefficient (Wildman–Crippen LogP) is 15.2. The molecule has 12 rings (SSSR count). The Hall–Kier alpha value is -7.53. The van der Waals surface area contributed by atoms with E-state index in [1.807, 2.05) is 11.3 Å². The molecule has 0 bridgehead atoms. The van der Waals surface area contributed by atoms with Crippen LogP contribution in [0.15, 0.2) is 200 Å². The summed E-state index contributed by atoms with van der Waals surface area (Å²) in [6.45, 7) is 0. The molecule has 0 N–H and O–H groups in total. The molecule has 3 nitrogen and oxygen atoms in total. The van der Waals surface area contributed by atoms with Gasteiger partial charge in [-0.15, -0.1) is 11.3 Å². The minimum Gasteiger partial charge on any atom is -0.247 e. The Morgan fingerprint density at radius 3 is 1.51 bits per heavy atom. The molecule has 0 saturated heterocycles. The van der Waals surface area contributed by atoms with Crippen molar-refractivity contribution in [3.8, 4) is 56.3 Å². The van der Waals surface area contributed by atoms with Crippen molar-refractivity contribution in [2.75, 3.05) is 0 Å². The first-order valence-electron chi connectivity index (χ1n) is 19.9. The molecule has 0 radical (unpaired) electrons. The van der Waals surface area contributed by atoms with Crippen LogP contribution in [0.1, 0.15) is 0 Å². The van der Waals surface area contributed by atoms with Crippen LogP contribution in [0, 0.1) is 0 Å². The maximum Gasteiger partial charge on any atom is 0.160 e. The zero-order valence-corrected chi connectivity index (χ0v) is 32.6. The summed E-state index contributed by atoms with van der Waals surface area (Å²) in [6, 6.07) is 71.3. The minimum absolute atomic E-state index is 0.697. The maximum atomic E-state index is 5.26. The van der Waals surface area contributed by atoms with Gasteiger partial charge in [-0.25, -0.2) is 15.0 Å². The second-order valence-corrected chi connectivity index (χ2v) is 16.2. The van der Waals surface area contributed by atoms with Crippen molar-refractivity contribution < 1.29 is 0 Å². The number of fused-ring (bicyclic) bond motifs is 9. The van der Waals surface area contributed by atoms with Crippen LogP contribution >= 0.6 is 11.3 Å². The van der Waals surface area contributed by atoms with Crippen LogP contribution in [-0.4, -0.2) is 15.0 Å². The normalized spacial score (nSPS) is 11.7. The van der Waals surface area contributed by atoms with Crippen molar-refractivity contribution in [2.24, 2.45) is 0 Å². The lowest BCUT2D eigenvalue weighted by molar-refractivity contribution is 1.19. The van der Waals surface area contributed by atoms with E-state index < -0.39 is 0 Å². The number of benzene rings is 9. The van der Waals surface area contributed by atoms with E-state index in [0.717, 1.165) is 56.0 Å². The van der Waals surface area contributed by atoms with Crippen molar-refractivity contribution in [1.29, 1.82) is 0 Å². The topological polar surface area (TPSA) is 38.7 Å². The first kappa shape index (κ1) is 33.6. The number of rotatable bonds is 5. The number of hydrogen-bond acceptors (Lipinski definition) is 4. The maximum absolute atomic E-state index is 5.26. The lowest BCUT2D eigenvalue weighted by Gasteiger charge is -2.13. The Kier molecular flexibility index (Phi) is 7.72. The fourth-order valence-electron chi connectivity index (χ4n) is 8.82. The van der Waals surface area contributed by atoms with Gasteiger partial charge < -0.3 is 0 Å². The first-order chi connectivity index (χ1) is 29.2. The highest BCUT2D eigenvalue weighted by Gasteiger charge is 2.17. The minimum atomic E-state index is 0.697. The lowest BCUT2D eigenvalue weighted by atomic mass is 9.96. The number of nitrogens with zero attached hydrogens (tertiary/aromatic N) is 3. The zero-order valence-electron chi connectivity index (χ0n) is 31.8. The molecule has 0 saturated carbocycles. The molecule has 274 valence electrons. The SMILES string of the molecule is c1ccc2c(-c3cc(-c4cccc5ccccc45)nc(-c4ccc(-c5ccc(-c6nc7ccccc7c7c6ccc6c8ccccc8sc67)cc5)cc4)n3)cccc2c1. The number of aromatic nitrogens is 3. The second-order valence-electron chi connectivity index (χ2n) is 15.1. The van der Waals surface area contributed by atoms with Crippen LogP contribution in [0.5, 0.6) is 0 Å². The van der Waals surface area contributed by atoms with E-state index in [1.165, 1.54) is 57.9 Å². The van der Waals surface area contributed by atoms with Crippen LogP contribution in [0.2, 0.25) is 0 Å². The molecule has 0 unspecified atom stereocenters. The Morgan fingerprint density at radius 2 is 0.847 bits per heavy atom. The van der Waals surface area contributed by atoms with Gasteiger partial charge >= 0.3 is 0 Å². The van der Waals surface area contributed by atoms with Gasteiger partial charge in [0.25, 0.3) is 0 Å². The van der Waals surface area contributed by atoms with E-state index in [0.29, 0.717) is 5.82 Å². The molecule has 4 heteroatoms. The average Bonchev–Trinajstić information content (AvgIpc) is 3.70. The number of hydrogen-bond donors (Lipinski definition) is 0. The van der Waals surface area contributed by atoms with Gasteiger partial charge in [0, 0.05) is 58.6 Å². The van der Waals surface area contributed by atoms with E-state index in [2.05, 4.69) is 200 Å². The molecule has 0 amide bonds. The lowest BCUT2D eigenvalue weighted by Crippen LogP contribution is -1.97. The summed E-state index contributed by atoms with van der Waals surface area (Å²) < 4.78 is 2.62. The highest BCUT2D eigenvalue weighted by atomic mass is 32.1. The van der Waals surface area contributed by atoms with Crippen molar-refractivity contribution in [3.63, 3.8) is 0 Å². The molecule has 0 aliphatic rings. The van der Waals surface area contributed by atoms with Crippen molar-refractivity contribution in [1.82, 2.24) is 15.0 Å². The molecular weight excluding hydrogens is 735 g/mol. The summed E-state index contributed by atoms with van der Waals surface area (Å²) in [7, 11) is 0. The fraction of sp³-hybridized carbons (Fsp3) is 0. The molecule has 0 aliphatic heterocycles. The van der Waals surface area contributed by atoms with E-state index in [1.54, 1.807) is 0 Å². The van der Waals surface area contributed by atoms with Crippen molar-refractivity contribution in [3.05, 3.63) is 200 Å². The summed E-state index contributed by atoms with van der Waals surface area (Å²) in [5, 5.41) is 11.0. The van der Waals surface area contributed by atoms with E-state index in [4.69, 9.17) is 15.0 Å². The van der Waals surface area contributed by atoms with Crippen molar-refractivity contribution >= 4 is 74.7 Å². The summed E-state index contributed by atoms with van der Waals surface area (Å²) in [6.07, 6.45) is 0. The molecular formula is C55H33N3S. The molecule has 3 aromatic heterocycles. The van der Waals surface area contributed by atoms with Gasteiger partial charge in [-0.05, 0) is 50.9 Å². The van der Waals surface area contributed by atoms with E-state index in [9.17, 15) is 0 Å². The monoisotopic (exact) mass is 767 g/mol. The van der Waals surface area contributed by atoms with Crippen LogP contribution < -0.4 is 0 Å². The Balaban J connectivity index is 0.940. The molecule has 0 spiro atoms. The van der Waals surface area contributed by atoms with Gasteiger partial charge in [0.15, 0.2) is 5.82 Å². The van der Waals surface area contributed by atoms with Gasteiger partial charge in [-0.1, -0.05) is 182 Å². The quantitative estimate of drug-likeness (QED) is 0.164. The fourth-order valence-corrected chi connectivity index (χ4v) is 10.1. The predicted molar refractivity (Wildman–Crippen MR) is 250 cm³/mol. The smallest absolute Gasteiger partial charge is 0.160 e. The third-order valence-electron chi connectivity index (χ3n) is 11.7. The summed E-state index contributed by atoms with van der Waals surface area (Å²) in [5.74, 6) is 0.697. The summed E-state index contributed by atoms with van der Waals surface area (Å²) in [5.41, 5.74) is 10.3. The van der Waals surface area contributed by atoms with E-state index >= 15 is 0 Å². The van der Waals surface area contributed by atoms with E-state index in [-0.39, 0.29) is 0 Å². The van der Waals surface area contributed by atoms with Crippen LogP contribution in [-0.2, 0) is 0 Å². The molecule has 59 heavy (non-hydrogen) atoms. The summed E-state index contributed by atoms with van der Waals surface area (Å²) >= 11 is 1.87. The Morgan fingerprint density at radius 1 is 0.339 bits per heavy atom.